The Morgan fingerprint density at radius 2 is 1.32 bits per heavy atom. The van der Waals surface area contributed by atoms with Crippen LogP contribution in [0.3, 0.4) is 0 Å². The number of ether oxygens (including phenoxy) is 1. The molecule has 3 aromatic rings. The van der Waals surface area contributed by atoms with Gasteiger partial charge in [0, 0.05) is 17.3 Å². The van der Waals surface area contributed by atoms with E-state index in [1.165, 1.54) is 16.7 Å². The van der Waals surface area contributed by atoms with E-state index >= 15 is 0 Å². The molecule has 3 aromatic carbocycles. The number of anilines is 2. The van der Waals surface area contributed by atoms with Crippen LogP contribution in [0.2, 0.25) is 0 Å². The van der Waals surface area contributed by atoms with Crippen LogP contribution in [-0.2, 0) is 6.42 Å². The summed E-state index contributed by atoms with van der Waals surface area (Å²) in [6, 6.07) is 24.4. The van der Waals surface area contributed by atoms with E-state index < -0.39 is 0 Å². The summed E-state index contributed by atoms with van der Waals surface area (Å²) in [4.78, 5) is 0. The lowest BCUT2D eigenvalue weighted by Gasteiger charge is -2.17. The van der Waals surface area contributed by atoms with E-state index in [1.54, 1.807) is 0 Å². The Balaban J connectivity index is 1.36. The number of allylic oxidation sites excluding steroid dienone is 3. The quantitative estimate of drug-likeness (QED) is 0.589. The first-order valence-electron chi connectivity index (χ1n) is 9.51. The highest BCUT2D eigenvalue weighted by Crippen LogP contribution is 2.28. The average molecular weight is 368 g/mol. The lowest BCUT2D eigenvalue weighted by Crippen LogP contribution is -2.02. The Kier molecular flexibility index (Phi) is 5.16. The smallest absolute Gasteiger partial charge is 0.127 e. The van der Waals surface area contributed by atoms with Crippen LogP contribution in [0.25, 0.3) is 0 Å². The van der Waals surface area contributed by atoms with Gasteiger partial charge in [0.2, 0.25) is 0 Å². The van der Waals surface area contributed by atoms with Crippen molar-refractivity contribution in [3.05, 3.63) is 113 Å². The average Bonchev–Trinajstić information content (AvgIpc) is 2.73. The molecule has 4 rings (SSSR count). The maximum Gasteiger partial charge on any atom is 0.127 e. The standard InChI is InChI=1S/C25H24N2O/c26-22-9-3-19(4-10-22)17-18-1-5-20(6-2-18)21-7-13-24(14-8-21)28-25-15-11-23(27)12-16-25/h1-7,9-16,21H,8,17,26-27H2. The summed E-state index contributed by atoms with van der Waals surface area (Å²) < 4.78 is 5.90. The summed E-state index contributed by atoms with van der Waals surface area (Å²) >= 11 is 0. The largest absolute Gasteiger partial charge is 0.458 e. The zero-order chi connectivity index (χ0) is 19.3. The molecule has 0 bridgehead atoms. The first-order chi connectivity index (χ1) is 13.7. The highest BCUT2D eigenvalue weighted by Gasteiger charge is 2.12. The number of nitrogen functional groups attached to an aromatic ring is 2. The molecule has 0 saturated carbocycles. The number of nitrogens with two attached hydrogens (primary N) is 2. The van der Waals surface area contributed by atoms with Crippen molar-refractivity contribution in [3.63, 3.8) is 0 Å². The Labute approximate surface area is 166 Å². The van der Waals surface area contributed by atoms with Crippen LogP contribution in [0, 0.1) is 0 Å². The number of benzene rings is 3. The Bertz CT molecular complexity index is 984. The maximum absolute atomic E-state index is 5.90. The zero-order valence-electron chi connectivity index (χ0n) is 15.7. The van der Waals surface area contributed by atoms with Gasteiger partial charge < -0.3 is 16.2 Å². The van der Waals surface area contributed by atoms with Gasteiger partial charge >= 0.3 is 0 Å². The predicted molar refractivity (Wildman–Crippen MR) is 116 cm³/mol. The monoisotopic (exact) mass is 368 g/mol. The number of hydrogen-bond donors (Lipinski definition) is 2. The lowest BCUT2D eigenvalue weighted by atomic mass is 9.91. The third-order valence-electron chi connectivity index (χ3n) is 4.98. The van der Waals surface area contributed by atoms with E-state index in [2.05, 4.69) is 48.6 Å². The first kappa shape index (κ1) is 17.9. The summed E-state index contributed by atoms with van der Waals surface area (Å²) in [5.74, 6) is 2.06. The summed E-state index contributed by atoms with van der Waals surface area (Å²) in [6.07, 6.45) is 8.25. The number of rotatable bonds is 5. The van der Waals surface area contributed by atoms with Crippen molar-refractivity contribution in [2.45, 2.75) is 18.8 Å². The molecule has 140 valence electrons. The van der Waals surface area contributed by atoms with Gasteiger partial charge in [-0.2, -0.15) is 0 Å². The van der Waals surface area contributed by atoms with E-state index in [0.717, 1.165) is 35.7 Å². The Hall–Kier alpha value is -3.46. The molecule has 3 nitrogen and oxygen atoms in total. The van der Waals surface area contributed by atoms with Gasteiger partial charge in [-0.25, -0.2) is 0 Å². The molecule has 0 spiro atoms. The van der Waals surface area contributed by atoms with Crippen LogP contribution in [-0.4, -0.2) is 0 Å². The van der Waals surface area contributed by atoms with Gasteiger partial charge in [0.1, 0.15) is 11.5 Å². The molecule has 3 heteroatoms. The van der Waals surface area contributed by atoms with E-state index in [9.17, 15) is 0 Å². The predicted octanol–water partition coefficient (Wildman–Crippen LogP) is 5.45. The van der Waals surface area contributed by atoms with Gasteiger partial charge in [-0.15, -0.1) is 0 Å². The highest BCUT2D eigenvalue weighted by molar-refractivity contribution is 5.43. The van der Waals surface area contributed by atoms with Gasteiger partial charge in [0.25, 0.3) is 0 Å². The molecule has 1 aliphatic rings. The molecule has 1 unspecified atom stereocenters. The first-order valence-corrected chi connectivity index (χ1v) is 9.51. The van der Waals surface area contributed by atoms with Crippen molar-refractivity contribution < 1.29 is 4.74 Å². The zero-order valence-corrected chi connectivity index (χ0v) is 15.7. The van der Waals surface area contributed by atoms with Crippen LogP contribution in [0.1, 0.15) is 29.0 Å². The second-order valence-corrected chi connectivity index (χ2v) is 7.14. The van der Waals surface area contributed by atoms with Crippen molar-refractivity contribution in [1.82, 2.24) is 0 Å². The van der Waals surface area contributed by atoms with Gasteiger partial charge in [-0.3, -0.25) is 0 Å². The van der Waals surface area contributed by atoms with Gasteiger partial charge in [-0.05, 0) is 78.1 Å². The van der Waals surface area contributed by atoms with Crippen LogP contribution in [0.5, 0.6) is 5.75 Å². The van der Waals surface area contributed by atoms with E-state index in [0.29, 0.717) is 5.92 Å². The Morgan fingerprint density at radius 1 is 0.750 bits per heavy atom. The SMILES string of the molecule is Nc1ccc(Cc2ccc(C3C=CC(Oc4ccc(N)cc4)=CC3)cc2)cc1. The molecule has 28 heavy (non-hydrogen) atoms. The van der Waals surface area contributed by atoms with Crippen LogP contribution < -0.4 is 16.2 Å². The molecule has 0 heterocycles. The highest BCUT2D eigenvalue weighted by atomic mass is 16.5. The van der Waals surface area contributed by atoms with Crippen molar-refractivity contribution in [2.24, 2.45) is 0 Å². The summed E-state index contributed by atoms with van der Waals surface area (Å²) in [6.45, 7) is 0. The molecular weight excluding hydrogens is 344 g/mol. The minimum absolute atomic E-state index is 0.379. The minimum atomic E-state index is 0.379. The molecule has 1 atom stereocenters. The van der Waals surface area contributed by atoms with Crippen molar-refractivity contribution in [3.8, 4) is 5.75 Å². The van der Waals surface area contributed by atoms with E-state index in [4.69, 9.17) is 16.2 Å². The van der Waals surface area contributed by atoms with Crippen molar-refractivity contribution >= 4 is 11.4 Å². The van der Waals surface area contributed by atoms with Crippen LogP contribution >= 0.6 is 0 Å². The molecule has 1 aliphatic carbocycles. The third kappa shape index (κ3) is 4.44. The topological polar surface area (TPSA) is 61.3 Å². The summed E-state index contributed by atoms with van der Waals surface area (Å²) in [5, 5.41) is 0. The molecule has 0 aromatic heterocycles. The fraction of sp³-hybridized carbons (Fsp3) is 0.120. The van der Waals surface area contributed by atoms with Gasteiger partial charge in [0.05, 0.1) is 0 Å². The lowest BCUT2D eigenvalue weighted by molar-refractivity contribution is 0.437. The van der Waals surface area contributed by atoms with E-state index in [1.807, 2.05) is 42.5 Å². The molecule has 4 N–H and O–H groups in total. The molecule has 0 saturated heterocycles. The summed E-state index contributed by atoms with van der Waals surface area (Å²) in [7, 11) is 0. The fourth-order valence-corrected chi connectivity index (χ4v) is 3.35. The van der Waals surface area contributed by atoms with Gasteiger partial charge in [0.15, 0.2) is 0 Å². The molecule has 0 aliphatic heterocycles. The van der Waals surface area contributed by atoms with Gasteiger partial charge in [-0.1, -0.05) is 42.5 Å². The minimum Gasteiger partial charge on any atom is -0.458 e. The summed E-state index contributed by atoms with van der Waals surface area (Å²) in [5.41, 5.74) is 16.9. The normalized spacial score (nSPS) is 15.9. The second-order valence-electron chi connectivity index (χ2n) is 7.14. The third-order valence-corrected chi connectivity index (χ3v) is 4.98. The number of hydrogen-bond acceptors (Lipinski definition) is 3. The van der Waals surface area contributed by atoms with E-state index in [-0.39, 0.29) is 0 Å². The second kappa shape index (κ2) is 8.05. The molecule has 0 fully saturated rings. The van der Waals surface area contributed by atoms with Crippen molar-refractivity contribution in [1.29, 1.82) is 0 Å². The fourth-order valence-electron chi connectivity index (χ4n) is 3.35. The Morgan fingerprint density at radius 3 is 1.89 bits per heavy atom. The van der Waals surface area contributed by atoms with Crippen molar-refractivity contribution in [2.75, 3.05) is 11.5 Å². The maximum atomic E-state index is 5.90. The van der Waals surface area contributed by atoms with Crippen LogP contribution in [0.15, 0.2) is 96.8 Å². The molecular formula is C25H24N2O. The molecule has 0 radical (unpaired) electrons. The van der Waals surface area contributed by atoms with Crippen LogP contribution in [0.4, 0.5) is 11.4 Å². The molecule has 0 amide bonds.